The number of hydrogen-bond donors (Lipinski definition) is 1. The van der Waals surface area contributed by atoms with Gasteiger partial charge in [-0.3, -0.25) is 9.59 Å². The van der Waals surface area contributed by atoms with E-state index in [0.717, 1.165) is 11.3 Å². The van der Waals surface area contributed by atoms with Crippen molar-refractivity contribution in [3.05, 3.63) is 65.2 Å². The fourth-order valence-corrected chi connectivity index (χ4v) is 4.04. The van der Waals surface area contributed by atoms with Gasteiger partial charge in [0.15, 0.2) is 0 Å². The van der Waals surface area contributed by atoms with Gasteiger partial charge in [-0.25, -0.2) is 0 Å². The zero-order valence-corrected chi connectivity index (χ0v) is 21.2. The highest BCUT2D eigenvalue weighted by Crippen LogP contribution is 2.29. The Hall–Kier alpha value is -3.34. The molecule has 0 radical (unpaired) electrons. The molecule has 2 aliphatic rings. The van der Waals surface area contributed by atoms with Crippen molar-refractivity contribution in [2.75, 3.05) is 33.4 Å². The van der Waals surface area contributed by atoms with Crippen molar-refractivity contribution in [2.24, 2.45) is 5.92 Å². The van der Waals surface area contributed by atoms with Gasteiger partial charge in [-0.15, -0.1) is 0 Å². The van der Waals surface area contributed by atoms with E-state index in [9.17, 15) is 14.7 Å². The average molecular weight is 491 g/mol. The highest BCUT2D eigenvalue weighted by molar-refractivity contribution is 5.96. The van der Waals surface area contributed by atoms with E-state index < -0.39 is 5.60 Å². The van der Waals surface area contributed by atoms with E-state index in [1.807, 2.05) is 24.3 Å². The molecule has 2 amide bonds. The summed E-state index contributed by atoms with van der Waals surface area (Å²) in [6.45, 7) is 5.09. The van der Waals surface area contributed by atoms with E-state index in [1.54, 1.807) is 55.0 Å². The molecule has 1 aliphatic heterocycles. The van der Waals surface area contributed by atoms with Crippen molar-refractivity contribution >= 4 is 11.8 Å². The molecule has 1 aliphatic carbocycles. The molecule has 1 atom stereocenters. The quantitative estimate of drug-likeness (QED) is 0.604. The van der Waals surface area contributed by atoms with Crippen molar-refractivity contribution in [1.29, 1.82) is 0 Å². The van der Waals surface area contributed by atoms with E-state index >= 15 is 0 Å². The average Bonchev–Trinajstić information content (AvgIpc) is 3.70. The van der Waals surface area contributed by atoms with Crippen molar-refractivity contribution < 1.29 is 24.2 Å². The van der Waals surface area contributed by atoms with Gasteiger partial charge < -0.3 is 24.4 Å². The standard InChI is InChI=1S/C29H34N2O5/c1-29(2,34)14-13-21-9-11-24(12-10-21)28(33)31-18-26(36-20-22-7-8-22)17-30(27(32)19-31)16-23-5-4-6-25(15-23)35-3/h4-6,9-12,15,22,26,34H,7-8,16-20H2,1-3H3. The third-order valence-corrected chi connectivity index (χ3v) is 6.23. The number of amides is 2. The third kappa shape index (κ3) is 7.33. The number of methoxy groups -OCH3 is 1. The van der Waals surface area contributed by atoms with Crippen molar-refractivity contribution in [1.82, 2.24) is 9.80 Å². The SMILES string of the molecule is COc1cccc(CN2CC(OCC3CC3)CN(C(=O)c3ccc(C#CC(C)(C)O)cc3)CC2=O)c1. The molecule has 0 bridgehead atoms. The summed E-state index contributed by atoms with van der Waals surface area (Å²) in [7, 11) is 1.62. The van der Waals surface area contributed by atoms with Gasteiger partial charge in [0.25, 0.3) is 5.91 Å². The van der Waals surface area contributed by atoms with Gasteiger partial charge >= 0.3 is 0 Å². The maximum atomic E-state index is 13.4. The molecule has 7 nitrogen and oxygen atoms in total. The predicted octanol–water partition coefficient (Wildman–Crippen LogP) is 3.10. The lowest BCUT2D eigenvalue weighted by Crippen LogP contribution is -2.39. The molecule has 4 rings (SSSR count). The first kappa shape index (κ1) is 25.7. The van der Waals surface area contributed by atoms with Gasteiger partial charge in [0.2, 0.25) is 5.91 Å². The summed E-state index contributed by atoms with van der Waals surface area (Å²) >= 11 is 0. The van der Waals surface area contributed by atoms with Crippen molar-refractivity contribution in [2.45, 2.75) is 44.9 Å². The summed E-state index contributed by atoms with van der Waals surface area (Å²) in [5.41, 5.74) is 1.06. The maximum absolute atomic E-state index is 13.4. The second kappa shape index (κ2) is 11.2. The number of nitrogens with zero attached hydrogens (tertiary/aromatic N) is 2. The van der Waals surface area contributed by atoms with Crippen molar-refractivity contribution in [3.8, 4) is 17.6 Å². The van der Waals surface area contributed by atoms with Gasteiger partial charge in [0.1, 0.15) is 17.9 Å². The van der Waals surface area contributed by atoms with Gasteiger partial charge in [-0.1, -0.05) is 24.0 Å². The first-order valence-electron chi connectivity index (χ1n) is 12.4. The molecule has 2 aromatic carbocycles. The second-order valence-electron chi connectivity index (χ2n) is 10.1. The largest absolute Gasteiger partial charge is 0.497 e. The lowest BCUT2D eigenvalue weighted by atomic mass is 10.1. The lowest BCUT2D eigenvalue weighted by Gasteiger charge is -2.25. The van der Waals surface area contributed by atoms with Crippen LogP contribution in [0, 0.1) is 17.8 Å². The van der Waals surface area contributed by atoms with Crippen LogP contribution in [-0.4, -0.2) is 71.8 Å². The van der Waals surface area contributed by atoms with Gasteiger partial charge in [0, 0.05) is 37.4 Å². The number of rotatable bonds is 7. The van der Waals surface area contributed by atoms with Gasteiger partial charge in [-0.05, 0) is 74.6 Å². The Balaban J connectivity index is 1.49. The molecular formula is C29H34N2O5. The van der Waals surface area contributed by atoms with E-state index in [2.05, 4.69) is 11.8 Å². The molecule has 7 heteroatoms. The number of carbonyl (C=O) groups is 2. The molecule has 1 heterocycles. The summed E-state index contributed by atoms with van der Waals surface area (Å²) in [4.78, 5) is 30.0. The monoisotopic (exact) mass is 490 g/mol. The van der Waals surface area contributed by atoms with Gasteiger partial charge in [0.05, 0.1) is 13.2 Å². The summed E-state index contributed by atoms with van der Waals surface area (Å²) < 4.78 is 11.5. The minimum absolute atomic E-state index is 0.00759. The van der Waals surface area contributed by atoms with Crippen LogP contribution in [0.25, 0.3) is 0 Å². The van der Waals surface area contributed by atoms with Crippen LogP contribution in [0.15, 0.2) is 48.5 Å². The zero-order chi connectivity index (χ0) is 25.7. The van der Waals surface area contributed by atoms with E-state index in [-0.39, 0.29) is 24.5 Å². The van der Waals surface area contributed by atoms with E-state index in [4.69, 9.17) is 9.47 Å². The Morgan fingerprint density at radius 2 is 1.89 bits per heavy atom. The number of hydrogen-bond acceptors (Lipinski definition) is 5. The Morgan fingerprint density at radius 3 is 2.56 bits per heavy atom. The summed E-state index contributed by atoms with van der Waals surface area (Å²) in [6, 6.07) is 14.6. The fourth-order valence-electron chi connectivity index (χ4n) is 4.04. The van der Waals surface area contributed by atoms with Crippen molar-refractivity contribution in [3.63, 3.8) is 0 Å². The molecule has 2 fully saturated rings. The topological polar surface area (TPSA) is 79.3 Å². The number of aliphatic hydroxyl groups is 1. The summed E-state index contributed by atoms with van der Waals surface area (Å²) in [5, 5.41) is 9.80. The highest BCUT2D eigenvalue weighted by Gasteiger charge is 2.33. The zero-order valence-electron chi connectivity index (χ0n) is 21.2. The molecule has 36 heavy (non-hydrogen) atoms. The van der Waals surface area contributed by atoms with Crippen LogP contribution >= 0.6 is 0 Å². The van der Waals surface area contributed by atoms with Crippen LogP contribution in [0.5, 0.6) is 5.75 Å². The normalized spacial score (nSPS) is 18.3. The van der Waals surface area contributed by atoms with Crippen LogP contribution in [0.1, 0.15) is 48.2 Å². The van der Waals surface area contributed by atoms with Crippen LogP contribution in [0.4, 0.5) is 0 Å². The lowest BCUT2D eigenvalue weighted by molar-refractivity contribution is -0.132. The molecule has 2 aromatic rings. The highest BCUT2D eigenvalue weighted by atomic mass is 16.5. The molecule has 1 saturated heterocycles. The minimum atomic E-state index is -1.09. The van der Waals surface area contributed by atoms with E-state index in [0.29, 0.717) is 43.3 Å². The van der Waals surface area contributed by atoms with Crippen LogP contribution in [0.2, 0.25) is 0 Å². The molecule has 0 spiro atoms. The molecular weight excluding hydrogens is 456 g/mol. The Bertz CT molecular complexity index is 1140. The minimum Gasteiger partial charge on any atom is -0.497 e. The van der Waals surface area contributed by atoms with Gasteiger partial charge in [-0.2, -0.15) is 0 Å². The first-order valence-corrected chi connectivity index (χ1v) is 12.4. The van der Waals surface area contributed by atoms with Crippen LogP contribution < -0.4 is 4.74 Å². The smallest absolute Gasteiger partial charge is 0.254 e. The predicted molar refractivity (Wildman–Crippen MR) is 136 cm³/mol. The molecule has 0 aromatic heterocycles. The Kier molecular flexibility index (Phi) is 7.97. The molecule has 1 N–H and O–H groups in total. The number of ether oxygens (including phenoxy) is 2. The summed E-state index contributed by atoms with van der Waals surface area (Å²) in [5.74, 6) is 6.67. The van der Waals surface area contributed by atoms with Crippen LogP contribution in [-0.2, 0) is 16.1 Å². The first-order chi connectivity index (χ1) is 17.2. The maximum Gasteiger partial charge on any atom is 0.254 e. The molecule has 190 valence electrons. The third-order valence-electron chi connectivity index (χ3n) is 6.23. The Morgan fingerprint density at radius 1 is 1.14 bits per heavy atom. The number of carbonyl (C=O) groups excluding carboxylic acids is 2. The Labute approximate surface area is 213 Å². The van der Waals surface area contributed by atoms with E-state index in [1.165, 1.54) is 12.8 Å². The fraction of sp³-hybridized carbons (Fsp3) is 0.448. The molecule has 1 saturated carbocycles. The summed E-state index contributed by atoms with van der Waals surface area (Å²) in [6.07, 6.45) is 2.08. The second-order valence-corrected chi connectivity index (χ2v) is 10.1. The van der Waals surface area contributed by atoms with Crippen LogP contribution in [0.3, 0.4) is 0 Å². The number of benzene rings is 2. The molecule has 1 unspecified atom stereocenters.